The van der Waals surface area contributed by atoms with Crippen LogP contribution in [0, 0.1) is 0 Å². The van der Waals surface area contributed by atoms with Crippen LogP contribution in [0.25, 0.3) is 0 Å². The minimum Gasteiger partial charge on any atom is -0.313 e. The van der Waals surface area contributed by atoms with E-state index in [1.54, 1.807) is 0 Å². The second kappa shape index (κ2) is 7.60. The zero-order chi connectivity index (χ0) is 11.8. The monoisotopic (exact) mass is 238 g/mol. The van der Waals surface area contributed by atoms with Crippen molar-refractivity contribution in [3.8, 4) is 0 Å². The third-order valence-corrected chi connectivity index (χ3v) is 3.34. The molecule has 1 aromatic heterocycles. The molecule has 0 saturated heterocycles. The first kappa shape index (κ1) is 13.4. The molecule has 2 nitrogen and oxygen atoms in total. The van der Waals surface area contributed by atoms with E-state index >= 15 is 0 Å². The molecule has 0 aromatic carbocycles. The molecule has 0 atom stereocenters. The normalized spacial score (nSPS) is 10.9. The van der Waals surface area contributed by atoms with Gasteiger partial charge in [0.25, 0.3) is 0 Å². The Kier molecular flexibility index (Phi) is 6.38. The molecule has 0 fully saturated rings. The van der Waals surface area contributed by atoms with Crippen molar-refractivity contribution >= 4 is 11.3 Å². The van der Waals surface area contributed by atoms with Crippen LogP contribution < -0.4 is 5.32 Å². The SMILES string of the molecule is C=C(CNCC)CN(CC)Cc1cccs1. The third-order valence-electron chi connectivity index (χ3n) is 2.48. The number of thiophene rings is 1. The van der Waals surface area contributed by atoms with E-state index in [9.17, 15) is 0 Å². The molecule has 0 saturated carbocycles. The second-order valence-electron chi connectivity index (χ2n) is 3.91. The molecule has 1 N–H and O–H groups in total. The van der Waals surface area contributed by atoms with E-state index in [0.717, 1.165) is 32.7 Å². The molecule has 1 rings (SSSR count). The number of rotatable bonds is 8. The fourth-order valence-electron chi connectivity index (χ4n) is 1.58. The summed E-state index contributed by atoms with van der Waals surface area (Å²) in [6, 6.07) is 4.31. The van der Waals surface area contributed by atoms with E-state index < -0.39 is 0 Å². The summed E-state index contributed by atoms with van der Waals surface area (Å²) in [5, 5.41) is 5.45. The van der Waals surface area contributed by atoms with Crippen molar-refractivity contribution in [2.24, 2.45) is 0 Å². The minimum atomic E-state index is 0.928. The van der Waals surface area contributed by atoms with Crippen molar-refractivity contribution in [3.05, 3.63) is 34.5 Å². The van der Waals surface area contributed by atoms with Crippen LogP contribution in [0.1, 0.15) is 18.7 Å². The zero-order valence-corrected chi connectivity index (χ0v) is 11.1. The molecule has 0 aliphatic heterocycles. The Morgan fingerprint density at radius 2 is 2.31 bits per heavy atom. The van der Waals surface area contributed by atoms with Crippen LogP contribution in [0.4, 0.5) is 0 Å². The fraction of sp³-hybridized carbons (Fsp3) is 0.538. The van der Waals surface area contributed by atoms with Gasteiger partial charge in [0.2, 0.25) is 0 Å². The zero-order valence-electron chi connectivity index (χ0n) is 10.3. The van der Waals surface area contributed by atoms with Crippen molar-refractivity contribution in [1.29, 1.82) is 0 Å². The molecule has 0 aliphatic carbocycles. The van der Waals surface area contributed by atoms with Crippen LogP contribution in [0.5, 0.6) is 0 Å². The van der Waals surface area contributed by atoms with E-state index in [2.05, 4.69) is 48.2 Å². The summed E-state index contributed by atoms with van der Waals surface area (Å²) in [6.07, 6.45) is 0. The highest BCUT2D eigenvalue weighted by atomic mass is 32.1. The molecule has 0 bridgehead atoms. The maximum Gasteiger partial charge on any atom is 0.0331 e. The van der Waals surface area contributed by atoms with Gasteiger partial charge in [-0.05, 0) is 30.1 Å². The lowest BCUT2D eigenvalue weighted by molar-refractivity contribution is 0.305. The van der Waals surface area contributed by atoms with E-state index in [-0.39, 0.29) is 0 Å². The van der Waals surface area contributed by atoms with Crippen molar-refractivity contribution in [3.63, 3.8) is 0 Å². The molecule has 0 unspecified atom stereocenters. The molecule has 1 aromatic rings. The van der Waals surface area contributed by atoms with Crippen LogP contribution >= 0.6 is 11.3 Å². The summed E-state index contributed by atoms with van der Waals surface area (Å²) in [4.78, 5) is 3.85. The average Bonchev–Trinajstić information content (AvgIpc) is 2.78. The van der Waals surface area contributed by atoms with Gasteiger partial charge in [0.15, 0.2) is 0 Å². The first-order chi connectivity index (χ1) is 7.76. The van der Waals surface area contributed by atoms with Crippen LogP contribution in [-0.4, -0.2) is 31.1 Å². The molecule has 0 spiro atoms. The average molecular weight is 238 g/mol. The molecular weight excluding hydrogens is 216 g/mol. The van der Waals surface area contributed by atoms with Gasteiger partial charge in [0, 0.05) is 24.5 Å². The van der Waals surface area contributed by atoms with Gasteiger partial charge in [-0.15, -0.1) is 11.3 Å². The molecular formula is C13H22N2S. The molecule has 0 radical (unpaired) electrons. The standard InChI is InChI=1S/C13H22N2S/c1-4-14-9-12(3)10-15(5-2)11-13-7-6-8-16-13/h6-8,14H,3-5,9-11H2,1-2H3. The van der Waals surface area contributed by atoms with Gasteiger partial charge >= 0.3 is 0 Å². The van der Waals surface area contributed by atoms with Crippen molar-refractivity contribution in [2.45, 2.75) is 20.4 Å². The Labute approximate surface area is 103 Å². The lowest BCUT2D eigenvalue weighted by atomic mass is 10.2. The van der Waals surface area contributed by atoms with E-state index in [0.29, 0.717) is 0 Å². The number of nitrogens with one attached hydrogen (secondary N) is 1. The predicted octanol–water partition coefficient (Wildman–Crippen LogP) is 2.74. The van der Waals surface area contributed by atoms with Crippen LogP contribution in [0.2, 0.25) is 0 Å². The van der Waals surface area contributed by atoms with Gasteiger partial charge in [-0.2, -0.15) is 0 Å². The van der Waals surface area contributed by atoms with Crippen LogP contribution in [-0.2, 0) is 6.54 Å². The molecule has 3 heteroatoms. The molecule has 90 valence electrons. The van der Waals surface area contributed by atoms with Gasteiger partial charge in [-0.25, -0.2) is 0 Å². The number of likely N-dealkylation sites (N-methyl/N-ethyl adjacent to an activating group) is 2. The Morgan fingerprint density at radius 1 is 1.50 bits per heavy atom. The van der Waals surface area contributed by atoms with Gasteiger partial charge < -0.3 is 5.32 Å². The fourth-order valence-corrected chi connectivity index (χ4v) is 2.32. The second-order valence-corrected chi connectivity index (χ2v) is 4.95. The lowest BCUT2D eigenvalue weighted by Gasteiger charge is -2.21. The summed E-state index contributed by atoms with van der Waals surface area (Å²) in [6.45, 7) is 13.5. The summed E-state index contributed by atoms with van der Waals surface area (Å²) in [7, 11) is 0. The molecule has 0 amide bonds. The number of nitrogens with zero attached hydrogens (tertiary/aromatic N) is 1. The number of hydrogen-bond acceptors (Lipinski definition) is 3. The smallest absolute Gasteiger partial charge is 0.0331 e. The van der Waals surface area contributed by atoms with Gasteiger partial charge in [0.1, 0.15) is 0 Å². The minimum absolute atomic E-state index is 0.928. The van der Waals surface area contributed by atoms with E-state index in [4.69, 9.17) is 0 Å². The summed E-state index contributed by atoms with van der Waals surface area (Å²) in [5.41, 5.74) is 1.26. The first-order valence-corrected chi connectivity index (χ1v) is 6.76. The summed E-state index contributed by atoms with van der Waals surface area (Å²) in [5.74, 6) is 0. The Morgan fingerprint density at radius 3 is 2.88 bits per heavy atom. The topological polar surface area (TPSA) is 15.3 Å². The maximum absolute atomic E-state index is 4.11. The van der Waals surface area contributed by atoms with Crippen molar-refractivity contribution in [1.82, 2.24) is 10.2 Å². The number of hydrogen-bond donors (Lipinski definition) is 1. The lowest BCUT2D eigenvalue weighted by Crippen LogP contribution is -2.28. The summed E-state index contributed by atoms with van der Waals surface area (Å²) < 4.78 is 0. The van der Waals surface area contributed by atoms with Crippen LogP contribution in [0.15, 0.2) is 29.7 Å². The predicted molar refractivity (Wildman–Crippen MR) is 73.0 cm³/mol. The quantitative estimate of drug-likeness (QED) is 0.701. The highest BCUT2D eigenvalue weighted by Gasteiger charge is 2.05. The Bertz CT molecular complexity index is 293. The maximum atomic E-state index is 4.11. The van der Waals surface area contributed by atoms with Crippen LogP contribution in [0.3, 0.4) is 0 Å². The van der Waals surface area contributed by atoms with Crippen molar-refractivity contribution in [2.75, 3.05) is 26.2 Å². The summed E-state index contributed by atoms with van der Waals surface area (Å²) >= 11 is 1.82. The highest BCUT2D eigenvalue weighted by Crippen LogP contribution is 2.12. The largest absolute Gasteiger partial charge is 0.313 e. The van der Waals surface area contributed by atoms with Gasteiger partial charge in [-0.3, -0.25) is 4.90 Å². The highest BCUT2D eigenvalue weighted by molar-refractivity contribution is 7.09. The molecule has 16 heavy (non-hydrogen) atoms. The van der Waals surface area contributed by atoms with Gasteiger partial charge in [0.05, 0.1) is 0 Å². The van der Waals surface area contributed by atoms with Crippen molar-refractivity contribution < 1.29 is 0 Å². The molecule has 0 aliphatic rings. The van der Waals surface area contributed by atoms with E-state index in [1.165, 1.54) is 10.5 Å². The third kappa shape index (κ3) is 4.92. The first-order valence-electron chi connectivity index (χ1n) is 5.88. The Balaban J connectivity index is 2.34. The molecule has 1 heterocycles. The van der Waals surface area contributed by atoms with Gasteiger partial charge in [-0.1, -0.05) is 26.5 Å². The Hall–Kier alpha value is -0.640. The van der Waals surface area contributed by atoms with E-state index in [1.807, 2.05) is 11.3 Å².